The van der Waals surface area contributed by atoms with Gasteiger partial charge in [0.05, 0.1) is 24.0 Å². The summed E-state index contributed by atoms with van der Waals surface area (Å²) in [5.74, 6) is 1.38. The normalized spacial score (nSPS) is 21.2. The first-order valence-electron chi connectivity index (χ1n) is 8.97. The van der Waals surface area contributed by atoms with Crippen molar-refractivity contribution in [2.24, 2.45) is 0 Å². The molecule has 0 radical (unpaired) electrons. The number of amides is 1. The van der Waals surface area contributed by atoms with Gasteiger partial charge in [0.2, 0.25) is 0 Å². The van der Waals surface area contributed by atoms with E-state index in [-0.39, 0.29) is 12.1 Å². The molecule has 3 N–H and O–H groups in total. The Morgan fingerprint density at radius 3 is 3.00 bits per heavy atom. The highest BCUT2D eigenvalue weighted by atomic mass is 35.5. The molecule has 2 aliphatic heterocycles. The summed E-state index contributed by atoms with van der Waals surface area (Å²) in [4.78, 5) is 15.6. The predicted octanol–water partition coefficient (Wildman–Crippen LogP) is 3.09. The summed E-state index contributed by atoms with van der Waals surface area (Å²) in [6, 6.07) is 11.3. The van der Waals surface area contributed by atoms with Crippen molar-refractivity contribution < 1.29 is 14.1 Å². The Hall–Kier alpha value is -2.28. The number of nitrogens with one attached hydrogen (secondary N) is 3. The maximum atomic E-state index is 12.8. The van der Waals surface area contributed by atoms with Gasteiger partial charge in [0.15, 0.2) is 6.17 Å². The monoisotopic (exact) mass is 400 g/mol. The Kier molecular flexibility index (Phi) is 4.00. The topological polar surface area (TPSA) is 58.7 Å². The largest absolute Gasteiger partial charge is 0.457 e. The predicted molar refractivity (Wildman–Crippen MR) is 106 cm³/mol. The smallest absolute Gasteiger partial charge is 0.256 e. The van der Waals surface area contributed by atoms with E-state index in [1.165, 1.54) is 15.3 Å². The van der Waals surface area contributed by atoms with E-state index in [0.29, 0.717) is 10.8 Å². The molecule has 2 aliphatic rings. The summed E-state index contributed by atoms with van der Waals surface area (Å²) in [6.07, 6.45) is 0.579. The number of carbonyl (C=O) groups is 1. The number of thiophene rings is 1. The molecule has 138 valence electrons. The first kappa shape index (κ1) is 16.9. The van der Waals surface area contributed by atoms with Crippen LogP contribution in [0.5, 0.6) is 0 Å². The van der Waals surface area contributed by atoms with E-state index in [1.54, 1.807) is 11.3 Å². The molecule has 0 aliphatic carbocycles. The SMILES string of the molecule is C[NH+]1CCc2c(sc3c2C(=O)NC(c2ccc(-c4cccc(Cl)c4)o2)N3)C1. The number of rotatable bonds is 2. The highest BCUT2D eigenvalue weighted by molar-refractivity contribution is 7.16. The third-order valence-corrected chi connectivity index (χ3v) is 6.55. The third kappa shape index (κ3) is 2.94. The molecular formula is C20H19ClN3O2S+. The van der Waals surface area contributed by atoms with Crippen LogP contribution in [0, 0.1) is 0 Å². The van der Waals surface area contributed by atoms with Crippen molar-refractivity contribution in [3.8, 4) is 11.3 Å². The molecule has 0 bridgehead atoms. The standard InChI is InChI=1S/C20H18ClN3O2S/c1-24-8-7-13-16(10-24)27-20-17(13)19(25)22-18(23-20)15-6-5-14(26-15)11-3-2-4-12(21)9-11/h2-6,9,18,23H,7-8,10H2,1H3,(H,22,25)/p+1. The van der Waals surface area contributed by atoms with Gasteiger partial charge in [0.1, 0.15) is 23.1 Å². The number of hydrogen-bond donors (Lipinski definition) is 3. The fourth-order valence-electron chi connectivity index (χ4n) is 3.78. The van der Waals surface area contributed by atoms with E-state index in [1.807, 2.05) is 36.4 Å². The summed E-state index contributed by atoms with van der Waals surface area (Å²) in [7, 11) is 2.19. The van der Waals surface area contributed by atoms with E-state index >= 15 is 0 Å². The lowest BCUT2D eigenvalue weighted by atomic mass is 10.0. The lowest BCUT2D eigenvalue weighted by Crippen LogP contribution is -3.08. The third-order valence-electron chi connectivity index (χ3n) is 5.15. The molecule has 3 aromatic rings. The minimum Gasteiger partial charge on any atom is -0.457 e. The van der Waals surface area contributed by atoms with Gasteiger partial charge in [-0.15, -0.1) is 11.3 Å². The zero-order chi connectivity index (χ0) is 18.5. The number of quaternary nitrogens is 1. The van der Waals surface area contributed by atoms with Gasteiger partial charge in [-0.3, -0.25) is 4.79 Å². The average Bonchev–Trinajstić information content (AvgIpc) is 3.26. The maximum absolute atomic E-state index is 12.8. The summed E-state index contributed by atoms with van der Waals surface area (Å²) in [5, 5.41) is 8.10. The molecule has 0 saturated carbocycles. The fourth-order valence-corrected chi connectivity index (χ4v) is 5.36. The number of anilines is 1. The molecule has 2 unspecified atom stereocenters. The molecule has 4 heterocycles. The van der Waals surface area contributed by atoms with Crippen LogP contribution in [-0.4, -0.2) is 19.5 Å². The highest BCUT2D eigenvalue weighted by Gasteiger charge is 2.34. The maximum Gasteiger partial charge on any atom is 0.256 e. The number of furan rings is 1. The van der Waals surface area contributed by atoms with Gasteiger partial charge in [0, 0.05) is 17.0 Å². The van der Waals surface area contributed by atoms with Crippen molar-refractivity contribution >= 4 is 33.8 Å². The van der Waals surface area contributed by atoms with Gasteiger partial charge in [-0.05, 0) is 29.8 Å². The summed E-state index contributed by atoms with van der Waals surface area (Å²) < 4.78 is 6.01. The van der Waals surface area contributed by atoms with Crippen LogP contribution in [0.3, 0.4) is 0 Å². The molecule has 0 spiro atoms. The summed E-state index contributed by atoms with van der Waals surface area (Å²) in [6.45, 7) is 2.04. The number of halogens is 1. The Balaban J connectivity index is 1.45. The van der Waals surface area contributed by atoms with Crippen LogP contribution in [-0.2, 0) is 13.0 Å². The minimum atomic E-state index is -0.372. The average molecular weight is 401 g/mol. The Labute approximate surface area is 165 Å². The van der Waals surface area contributed by atoms with E-state index in [0.717, 1.165) is 41.4 Å². The van der Waals surface area contributed by atoms with Crippen LogP contribution in [0.25, 0.3) is 11.3 Å². The molecular weight excluding hydrogens is 382 g/mol. The van der Waals surface area contributed by atoms with Crippen molar-refractivity contribution in [3.05, 3.63) is 63.2 Å². The van der Waals surface area contributed by atoms with Crippen LogP contribution < -0.4 is 15.5 Å². The molecule has 1 aromatic carbocycles. The number of fused-ring (bicyclic) bond motifs is 3. The van der Waals surface area contributed by atoms with Gasteiger partial charge < -0.3 is 20.0 Å². The summed E-state index contributed by atoms with van der Waals surface area (Å²) in [5.41, 5.74) is 2.94. The van der Waals surface area contributed by atoms with Crippen molar-refractivity contribution in [1.82, 2.24) is 5.32 Å². The van der Waals surface area contributed by atoms with Crippen molar-refractivity contribution in [2.75, 3.05) is 18.9 Å². The van der Waals surface area contributed by atoms with Gasteiger partial charge in [0.25, 0.3) is 5.91 Å². The van der Waals surface area contributed by atoms with E-state index in [4.69, 9.17) is 16.0 Å². The number of likely N-dealkylation sites (N-methyl/N-ethyl adjacent to an activating group) is 1. The zero-order valence-electron chi connectivity index (χ0n) is 14.8. The van der Waals surface area contributed by atoms with Crippen LogP contribution in [0.2, 0.25) is 5.02 Å². The molecule has 0 fully saturated rings. The van der Waals surface area contributed by atoms with Gasteiger partial charge in [-0.25, -0.2) is 0 Å². The van der Waals surface area contributed by atoms with Crippen molar-refractivity contribution in [3.63, 3.8) is 0 Å². The number of carbonyl (C=O) groups excluding carboxylic acids is 1. The second-order valence-electron chi connectivity index (χ2n) is 7.10. The quantitative estimate of drug-likeness (QED) is 0.619. The fraction of sp³-hybridized carbons (Fsp3) is 0.250. The van der Waals surface area contributed by atoms with Crippen LogP contribution in [0.4, 0.5) is 5.00 Å². The molecule has 27 heavy (non-hydrogen) atoms. The molecule has 0 saturated heterocycles. The second-order valence-corrected chi connectivity index (χ2v) is 8.65. The lowest BCUT2D eigenvalue weighted by molar-refractivity contribution is -0.895. The number of benzene rings is 1. The molecule has 2 atom stereocenters. The summed E-state index contributed by atoms with van der Waals surface area (Å²) >= 11 is 7.77. The molecule has 2 aromatic heterocycles. The van der Waals surface area contributed by atoms with Crippen LogP contribution in [0.1, 0.15) is 32.7 Å². The first-order chi connectivity index (χ1) is 13.1. The van der Waals surface area contributed by atoms with E-state index < -0.39 is 0 Å². The molecule has 5 nitrogen and oxygen atoms in total. The van der Waals surface area contributed by atoms with Crippen molar-refractivity contribution in [2.45, 2.75) is 19.1 Å². The Morgan fingerprint density at radius 1 is 1.26 bits per heavy atom. The number of hydrogen-bond acceptors (Lipinski definition) is 4. The highest BCUT2D eigenvalue weighted by Crippen LogP contribution is 2.39. The minimum absolute atomic E-state index is 0.0218. The van der Waals surface area contributed by atoms with E-state index in [2.05, 4.69) is 17.7 Å². The Morgan fingerprint density at radius 2 is 2.15 bits per heavy atom. The lowest BCUT2D eigenvalue weighted by Gasteiger charge is -2.25. The Bertz CT molecular complexity index is 1040. The van der Waals surface area contributed by atoms with Gasteiger partial charge in [-0.2, -0.15) is 0 Å². The zero-order valence-corrected chi connectivity index (χ0v) is 16.3. The van der Waals surface area contributed by atoms with E-state index in [9.17, 15) is 4.79 Å². The molecule has 7 heteroatoms. The molecule has 5 rings (SSSR count). The second kappa shape index (κ2) is 6.41. The van der Waals surface area contributed by atoms with Crippen molar-refractivity contribution in [1.29, 1.82) is 0 Å². The molecule has 1 amide bonds. The van der Waals surface area contributed by atoms with Crippen LogP contribution in [0.15, 0.2) is 40.8 Å². The van der Waals surface area contributed by atoms with Crippen LogP contribution >= 0.6 is 22.9 Å². The van der Waals surface area contributed by atoms with Gasteiger partial charge in [-0.1, -0.05) is 23.7 Å². The first-order valence-corrected chi connectivity index (χ1v) is 10.2. The van der Waals surface area contributed by atoms with Gasteiger partial charge >= 0.3 is 0 Å².